The fraction of sp³-hybridized carbons (Fsp3) is 0.353. The van der Waals surface area contributed by atoms with Crippen molar-refractivity contribution < 1.29 is 9.47 Å². The van der Waals surface area contributed by atoms with Gasteiger partial charge in [-0.15, -0.1) is 0 Å². The molecule has 2 aromatic rings. The lowest BCUT2D eigenvalue weighted by Gasteiger charge is -2.35. The molecule has 2 N–H and O–H groups in total. The number of pyridine rings is 1. The van der Waals surface area contributed by atoms with Crippen LogP contribution in [0.4, 0.5) is 11.5 Å². The Morgan fingerprint density at radius 2 is 1.83 bits per heavy atom. The van der Waals surface area contributed by atoms with Crippen molar-refractivity contribution in [2.75, 3.05) is 43.6 Å². The van der Waals surface area contributed by atoms with Crippen molar-refractivity contribution in [3.05, 3.63) is 42.1 Å². The van der Waals surface area contributed by atoms with Gasteiger partial charge in [0.15, 0.2) is 11.5 Å². The molecule has 0 saturated carbocycles. The van der Waals surface area contributed by atoms with Gasteiger partial charge in [0.2, 0.25) is 6.79 Å². The van der Waals surface area contributed by atoms with Crippen molar-refractivity contribution in [2.45, 2.75) is 6.54 Å². The van der Waals surface area contributed by atoms with E-state index in [4.69, 9.17) is 15.2 Å². The number of fused-ring (bicyclic) bond motifs is 1. The summed E-state index contributed by atoms with van der Waals surface area (Å²) in [5.74, 6) is 2.70. The molecule has 2 aliphatic heterocycles. The van der Waals surface area contributed by atoms with E-state index in [9.17, 15) is 0 Å². The Hall–Kier alpha value is -2.47. The first-order valence-corrected chi connectivity index (χ1v) is 7.85. The summed E-state index contributed by atoms with van der Waals surface area (Å²) < 4.78 is 10.8. The second-order valence-electron chi connectivity index (χ2n) is 5.90. The highest BCUT2D eigenvalue weighted by atomic mass is 16.7. The molecule has 0 bridgehead atoms. The summed E-state index contributed by atoms with van der Waals surface area (Å²) >= 11 is 0. The van der Waals surface area contributed by atoms with Crippen LogP contribution in [0.3, 0.4) is 0 Å². The number of hydrogen-bond acceptors (Lipinski definition) is 6. The smallest absolute Gasteiger partial charge is 0.231 e. The van der Waals surface area contributed by atoms with Crippen LogP contribution in [0, 0.1) is 0 Å². The number of piperazine rings is 1. The first-order valence-electron chi connectivity index (χ1n) is 7.85. The van der Waals surface area contributed by atoms with E-state index >= 15 is 0 Å². The molecule has 6 nitrogen and oxygen atoms in total. The maximum atomic E-state index is 5.69. The minimum absolute atomic E-state index is 0.325. The summed E-state index contributed by atoms with van der Waals surface area (Å²) in [7, 11) is 0. The number of nitrogens with two attached hydrogens (primary N) is 1. The zero-order valence-electron chi connectivity index (χ0n) is 12.9. The Bertz CT molecular complexity index is 681. The summed E-state index contributed by atoms with van der Waals surface area (Å²) in [6.07, 6.45) is 1.72. The highest BCUT2D eigenvalue weighted by Gasteiger charge is 2.19. The van der Waals surface area contributed by atoms with Gasteiger partial charge in [-0.3, -0.25) is 4.90 Å². The van der Waals surface area contributed by atoms with Crippen LogP contribution in [0.2, 0.25) is 0 Å². The molecule has 3 heterocycles. The number of benzene rings is 1. The Balaban J connectivity index is 1.35. The van der Waals surface area contributed by atoms with Crippen LogP contribution in [-0.2, 0) is 6.54 Å². The first kappa shape index (κ1) is 14.1. The Morgan fingerprint density at radius 1 is 1.00 bits per heavy atom. The Kier molecular flexibility index (Phi) is 3.67. The monoisotopic (exact) mass is 312 g/mol. The van der Waals surface area contributed by atoms with Crippen LogP contribution < -0.4 is 20.1 Å². The van der Waals surface area contributed by atoms with Crippen LogP contribution >= 0.6 is 0 Å². The quantitative estimate of drug-likeness (QED) is 0.931. The lowest BCUT2D eigenvalue weighted by molar-refractivity contribution is 0.174. The molecule has 0 spiro atoms. The fourth-order valence-electron chi connectivity index (χ4n) is 3.02. The van der Waals surface area contributed by atoms with Gasteiger partial charge < -0.3 is 20.1 Å². The summed E-state index contributed by atoms with van der Waals surface area (Å²) in [4.78, 5) is 9.15. The van der Waals surface area contributed by atoms with Gasteiger partial charge in [0.05, 0.1) is 11.9 Å². The van der Waals surface area contributed by atoms with Gasteiger partial charge in [-0.2, -0.15) is 0 Å². The molecule has 0 unspecified atom stereocenters. The Morgan fingerprint density at radius 3 is 2.61 bits per heavy atom. The van der Waals surface area contributed by atoms with Crippen molar-refractivity contribution in [2.24, 2.45) is 0 Å². The number of hydrogen-bond donors (Lipinski definition) is 1. The van der Waals surface area contributed by atoms with Gasteiger partial charge in [-0.05, 0) is 29.8 Å². The predicted molar refractivity (Wildman–Crippen MR) is 88.7 cm³/mol. The van der Waals surface area contributed by atoms with E-state index in [1.807, 2.05) is 18.2 Å². The van der Waals surface area contributed by atoms with Crippen LogP contribution in [0.25, 0.3) is 0 Å². The summed E-state index contributed by atoms with van der Waals surface area (Å²) in [6.45, 7) is 5.23. The van der Waals surface area contributed by atoms with Crippen LogP contribution in [-0.4, -0.2) is 42.9 Å². The van der Waals surface area contributed by atoms with Crippen LogP contribution in [0.1, 0.15) is 5.56 Å². The Labute approximate surface area is 135 Å². The molecule has 23 heavy (non-hydrogen) atoms. The fourth-order valence-corrected chi connectivity index (χ4v) is 3.02. The summed E-state index contributed by atoms with van der Waals surface area (Å²) in [5.41, 5.74) is 7.66. The van der Waals surface area contributed by atoms with E-state index in [0.717, 1.165) is 50.0 Å². The number of ether oxygens (including phenoxy) is 2. The van der Waals surface area contributed by atoms with Gasteiger partial charge >= 0.3 is 0 Å². The molecule has 4 rings (SSSR count). The van der Waals surface area contributed by atoms with E-state index in [1.165, 1.54) is 5.56 Å². The molecule has 1 fully saturated rings. The van der Waals surface area contributed by atoms with Crippen molar-refractivity contribution in [3.63, 3.8) is 0 Å². The van der Waals surface area contributed by atoms with Gasteiger partial charge in [-0.25, -0.2) is 4.98 Å². The zero-order valence-corrected chi connectivity index (χ0v) is 12.9. The number of aromatic nitrogens is 1. The minimum atomic E-state index is 0.325. The highest BCUT2D eigenvalue weighted by molar-refractivity contribution is 5.46. The molecule has 0 amide bonds. The number of nitrogens with zero attached hydrogens (tertiary/aromatic N) is 3. The van der Waals surface area contributed by atoms with E-state index in [1.54, 1.807) is 6.20 Å². The molecular formula is C17H20N4O2. The molecule has 2 aliphatic rings. The SMILES string of the molecule is Nc1ccc(N2CCN(Cc3ccc4c(c3)OCO4)CC2)nc1. The van der Waals surface area contributed by atoms with E-state index in [-0.39, 0.29) is 0 Å². The third-order valence-corrected chi connectivity index (χ3v) is 4.31. The molecule has 6 heteroatoms. The molecule has 1 aromatic heterocycles. The van der Waals surface area contributed by atoms with Crippen LogP contribution in [0.5, 0.6) is 11.5 Å². The van der Waals surface area contributed by atoms with E-state index in [0.29, 0.717) is 12.5 Å². The maximum absolute atomic E-state index is 5.69. The number of nitrogen functional groups attached to an aromatic ring is 1. The average Bonchev–Trinajstić information content (AvgIpc) is 3.04. The summed E-state index contributed by atoms with van der Waals surface area (Å²) in [5, 5.41) is 0. The van der Waals surface area contributed by atoms with Crippen molar-refractivity contribution in [3.8, 4) is 11.5 Å². The predicted octanol–water partition coefficient (Wildman–Crippen LogP) is 1.71. The van der Waals surface area contributed by atoms with E-state index < -0.39 is 0 Å². The lowest BCUT2D eigenvalue weighted by Crippen LogP contribution is -2.46. The van der Waals surface area contributed by atoms with Crippen molar-refractivity contribution >= 4 is 11.5 Å². The molecule has 1 aromatic carbocycles. The topological polar surface area (TPSA) is 63.9 Å². The molecule has 1 saturated heterocycles. The second-order valence-corrected chi connectivity index (χ2v) is 5.90. The van der Waals surface area contributed by atoms with Gasteiger partial charge in [0, 0.05) is 32.7 Å². The first-order chi connectivity index (χ1) is 11.3. The van der Waals surface area contributed by atoms with Gasteiger partial charge in [0.25, 0.3) is 0 Å². The largest absolute Gasteiger partial charge is 0.454 e. The normalized spacial score (nSPS) is 17.5. The lowest BCUT2D eigenvalue weighted by atomic mass is 10.1. The molecule has 0 aliphatic carbocycles. The van der Waals surface area contributed by atoms with Crippen molar-refractivity contribution in [1.29, 1.82) is 0 Å². The number of anilines is 2. The standard InChI is InChI=1S/C17H20N4O2/c18-14-2-4-17(19-10-14)21-7-5-20(6-8-21)11-13-1-3-15-16(9-13)23-12-22-15/h1-4,9-10H,5-8,11-12,18H2. The average molecular weight is 312 g/mol. The van der Waals surface area contributed by atoms with Gasteiger partial charge in [-0.1, -0.05) is 6.07 Å². The zero-order chi connectivity index (χ0) is 15.6. The summed E-state index contributed by atoms with van der Waals surface area (Å²) in [6, 6.07) is 10.1. The molecule has 0 radical (unpaired) electrons. The van der Waals surface area contributed by atoms with Crippen LogP contribution in [0.15, 0.2) is 36.5 Å². The van der Waals surface area contributed by atoms with Crippen molar-refractivity contribution in [1.82, 2.24) is 9.88 Å². The second kappa shape index (κ2) is 5.96. The molecule has 0 atom stereocenters. The minimum Gasteiger partial charge on any atom is -0.454 e. The van der Waals surface area contributed by atoms with E-state index in [2.05, 4.69) is 26.9 Å². The maximum Gasteiger partial charge on any atom is 0.231 e. The third kappa shape index (κ3) is 3.03. The molecular weight excluding hydrogens is 292 g/mol. The van der Waals surface area contributed by atoms with Gasteiger partial charge in [0.1, 0.15) is 5.82 Å². The number of rotatable bonds is 3. The molecule has 120 valence electrons. The third-order valence-electron chi connectivity index (χ3n) is 4.31. The highest BCUT2D eigenvalue weighted by Crippen LogP contribution is 2.32.